The van der Waals surface area contributed by atoms with Gasteiger partial charge in [-0.3, -0.25) is 4.79 Å². The molecule has 3 N–H and O–H groups in total. The number of aromatic nitrogens is 1. The van der Waals surface area contributed by atoms with Crippen molar-refractivity contribution in [2.45, 2.75) is 38.8 Å². The zero-order valence-corrected chi connectivity index (χ0v) is 15.8. The molecule has 2 heterocycles. The van der Waals surface area contributed by atoms with Crippen LogP contribution in [0, 0.1) is 13.8 Å². The fraction of sp³-hybridized carbons (Fsp3) is 0.273. The SMILES string of the molecule is Cc1cc2c(cc1C)O[C@H](C(=O)N[C@@H](Cc1c[nH]c3ccccc13)C(=O)O)C2. The summed E-state index contributed by atoms with van der Waals surface area (Å²) in [6.07, 6.45) is 1.73. The molecule has 1 aromatic heterocycles. The molecule has 4 rings (SSSR count). The third kappa shape index (κ3) is 3.33. The van der Waals surface area contributed by atoms with Gasteiger partial charge in [-0.1, -0.05) is 24.3 Å². The van der Waals surface area contributed by atoms with Crippen molar-refractivity contribution in [1.82, 2.24) is 10.3 Å². The molecule has 0 radical (unpaired) electrons. The summed E-state index contributed by atoms with van der Waals surface area (Å²) in [6, 6.07) is 10.6. The smallest absolute Gasteiger partial charge is 0.326 e. The molecular formula is C22H22N2O4. The monoisotopic (exact) mass is 378 g/mol. The Balaban J connectivity index is 1.48. The second-order valence-corrected chi connectivity index (χ2v) is 7.32. The first kappa shape index (κ1) is 18.1. The summed E-state index contributed by atoms with van der Waals surface area (Å²) in [5, 5.41) is 13.2. The van der Waals surface area contributed by atoms with E-state index in [0.717, 1.165) is 33.2 Å². The summed E-state index contributed by atoms with van der Waals surface area (Å²) in [6.45, 7) is 4.01. The van der Waals surface area contributed by atoms with Gasteiger partial charge >= 0.3 is 5.97 Å². The highest BCUT2D eigenvalue weighted by atomic mass is 16.5. The fourth-order valence-corrected chi connectivity index (χ4v) is 3.64. The molecule has 0 aliphatic carbocycles. The summed E-state index contributed by atoms with van der Waals surface area (Å²) in [5.41, 5.74) is 5.01. The molecule has 1 aliphatic rings. The first-order valence-electron chi connectivity index (χ1n) is 9.27. The molecule has 3 aromatic rings. The standard InChI is InChI=1S/C22H22N2O4/c1-12-7-14-10-20(28-19(14)8-13(12)2)21(25)24-18(22(26)27)9-15-11-23-17-6-4-3-5-16(15)17/h3-8,11,18,20,23H,9-10H2,1-2H3,(H,24,25)(H,26,27)/t18-,20-/m0/s1. The molecule has 1 aliphatic heterocycles. The average Bonchev–Trinajstić information content (AvgIpc) is 3.25. The number of H-pyrrole nitrogens is 1. The number of hydrogen-bond acceptors (Lipinski definition) is 3. The number of amides is 1. The molecule has 0 fully saturated rings. The van der Waals surface area contributed by atoms with Gasteiger partial charge in [0, 0.05) is 29.9 Å². The molecule has 6 nitrogen and oxygen atoms in total. The predicted molar refractivity (Wildman–Crippen MR) is 106 cm³/mol. The largest absolute Gasteiger partial charge is 0.480 e. The van der Waals surface area contributed by atoms with E-state index in [9.17, 15) is 14.7 Å². The van der Waals surface area contributed by atoms with Crippen molar-refractivity contribution >= 4 is 22.8 Å². The minimum Gasteiger partial charge on any atom is -0.480 e. The molecule has 0 saturated heterocycles. The van der Waals surface area contributed by atoms with Crippen molar-refractivity contribution in [3.8, 4) is 5.75 Å². The van der Waals surface area contributed by atoms with Crippen LogP contribution >= 0.6 is 0 Å². The van der Waals surface area contributed by atoms with Crippen molar-refractivity contribution in [2.75, 3.05) is 0 Å². The number of aromatic amines is 1. The van der Waals surface area contributed by atoms with E-state index in [1.54, 1.807) is 6.20 Å². The molecule has 0 unspecified atom stereocenters. The number of nitrogens with one attached hydrogen (secondary N) is 2. The van der Waals surface area contributed by atoms with Gasteiger partial charge in [0.15, 0.2) is 6.10 Å². The predicted octanol–water partition coefficient (Wildman–Crippen LogP) is 2.90. The van der Waals surface area contributed by atoms with Gasteiger partial charge in [-0.05, 0) is 48.2 Å². The Morgan fingerprint density at radius 3 is 2.79 bits per heavy atom. The number of carbonyl (C=O) groups is 2. The number of fused-ring (bicyclic) bond motifs is 2. The van der Waals surface area contributed by atoms with Crippen LogP contribution in [0.3, 0.4) is 0 Å². The van der Waals surface area contributed by atoms with Crippen molar-refractivity contribution in [2.24, 2.45) is 0 Å². The van der Waals surface area contributed by atoms with Crippen molar-refractivity contribution in [1.29, 1.82) is 0 Å². The lowest BCUT2D eigenvalue weighted by Gasteiger charge is -2.17. The number of ether oxygens (including phenoxy) is 1. The van der Waals surface area contributed by atoms with E-state index >= 15 is 0 Å². The second kappa shape index (κ2) is 7.03. The Hall–Kier alpha value is -3.28. The minimum absolute atomic E-state index is 0.197. The number of carboxylic acids is 1. The fourth-order valence-electron chi connectivity index (χ4n) is 3.64. The third-order valence-corrected chi connectivity index (χ3v) is 5.36. The third-order valence-electron chi connectivity index (χ3n) is 5.36. The molecule has 28 heavy (non-hydrogen) atoms. The van der Waals surface area contributed by atoms with E-state index in [0.29, 0.717) is 12.2 Å². The van der Waals surface area contributed by atoms with Gasteiger partial charge in [-0.2, -0.15) is 0 Å². The first-order valence-corrected chi connectivity index (χ1v) is 9.27. The number of rotatable bonds is 5. The first-order chi connectivity index (χ1) is 13.4. The molecule has 6 heteroatoms. The Labute approximate surface area is 162 Å². The Bertz CT molecular complexity index is 1040. The normalized spacial score (nSPS) is 16.4. The minimum atomic E-state index is -1.07. The van der Waals surface area contributed by atoms with Crippen molar-refractivity contribution < 1.29 is 19.4 Å². The van der Waals surface area contributed by atoms with E-state index < -0.39 is 24.0 Å². The van der Waals surface area contributed by atoms with Crippen LogP contribution in [0.2, 0.25) is 0 Å². The molecule has 0 saturated carbocycles. The van der Waals surface area contributed by atoms with Crippen molar-refractivity contribution in [3.63, 3.8) is 0 Å². The van der Waals surface area contributed by atoms with Gasteiger partial charge in [-0.25, -0.2) is 4.79 Å². The van der Waals surface area contributed by atoms with Gasteiger partial charge < -0.3 is 20.1 Å². The summed E-state index contributed by atoms with van der Waals surface area (Å²) in [5.74, 6) is -0.772. The van der Waals surface area contributed by atoms with Crippen LogP contribution in [0.1, 0.15) is 22.3 Å². The lowest BCUT2D eigenvalue weighted by atomic mass is 10.0. The van der Waals surface area contributed by atoms with E-state index in [4.69, 9.17) is 4.74 Å². The summed E-state index contributed by atoms with van der Waals surface area (Å²) in [4.78, 5) is 27.6. The zero-order chi connectivity index (χ0) is 19.8. The summed E-state index contributed by atoms with van der Waals surface area (Å²) >= 11 is 0. The molecule has 0 spiro atoms. The molecule has 2 atom stereocenters. The summed E-state index contributed by atoms with van der Waals surface area (Å²) < 4.78 is 5.78. The van der Waals surface area contributed by atoms with E-state index in [1.165, 1.54) is 0 Å². The molecule has 0 bridgehead atoms. The maximum Gasteiger partial charge on any atom is 0.326 e. The lowest BCUT2D eigenvalue weighted by Crippen LogP contribution is -2.47. The Morgan fingerprint density at radius 1 is 1.25 bits per heavy atom. The van der Waals surface area contributed by atoms with Crippen LogP contribution in [-0.2, 0) is 22.4 Å². The number of aryl methyl sites for hydroxylation is 2. The van der Waals surface area contributed by atoms with Crippen LogP contribution in [0.5, 0.6) is 5.75 Å². The topological polar surface area (TPSA) is 91.4 Å². The van der Waals surface area contributed by atoms with Crippen LogP contribution in [-0.4, -0.2) is 34.1 Å². The highest BCUT2D eigenvalue weighted by molar-refractivity contribution is 5.89. The maximum absolute atomic E-state index is 12.7. The highest BCUT2D eigenvalue weighted by Gasteiger charge is 2.32. The molecule has 2 aromatic carbocycles. The molecule has 1 amide bonds. The van der Waals surface area contributed by atoms with Crippen LogP contribution in [0.25, 0.3) is 10.9 Å². The van der Waals surface area contributed by atoms with Gasteiger partial charge in [0.2, 0.25) is 0 Å². The van der Waals surface area contributed by atoms with Crippen LogP contribution in [0.15, 0.2) is 42.6 Å². The summed E-state index contributed by atoms with van der Waals surface area (Å²) in [7, 11) is 0. The number of carbonyl (C=O) groups excluding carboxylic acids is 1. The van der Waals surface area contributed by atoms with Gasteiger partial charge in [0.1, 0.15) is 11.8 Å². The molecule has 144 valence electrons. The van der Waals surface area contributed by atoms with Gasteiger partial charge in [0.05, 0.1) is 0 Å². The highest BCUT2D eigenvalue weighted by Crippen LogP contribution is 2.31. The van der Waals surface area contributed by atoms with E-state index in [-0.39, 0.29) is 6.42 Å². The number of benzene rings is 2. The van der Waals surface area contributed by atoms with Crippen LogP contribution < -0.4 is 10.1 Å². The van der Waals surface area contributed by atoms with E-state index in [1.807, 2.05) is 50.2 Å². The van der Waals surface area contributed by atoms with Gasteiger partial charge in [-0.15, -0.1) is 0 Å². The van der Waals surface area contributed by atoms with E-state index in [2.05, 4.69) is 10.3 Å². The Kier molecular flexibility index (Phi) is 4.55. The van der Waals surface area contributed by atoms with Crippen molar-refractivity contribution in [3.05, 3.63) is 64.8 Å². The number of hydrogen-bond donors (Lipinski definition) is 3. The quantitative estimate of drug-likeness (QED) is 0.637. The number of aliphatic carboxylic acids is 1. The average molecular weight is 378 g/mol. The van der Waals surface area contributed by atoms with Crippen LogP contribution in [0.4, 0.5) is 0 Å². The maximum atomic E-state index is 12.7. The molecular weight excluding hydrogens is 356 g/mol. The second-order valence-electron chi connectivity index (χ2n) is 7.32. The lowest BCUT2D eigenvalue weighted by molar-refractivity contribution is -0.142. The number of para-hydroxylation sites is 1. The number of carboxylic acid groups (broad SMARTS) is 1. The van der Waals surface area contributed by atoms with Gasteiger partial charge in [0.25, 0.3) is 5.91 Å². The Morgan fingerprint density at radius 2 is 2.00 bits per heavy atom. The zero-order valence-electron chi connectivity index (χ0n) is 15.8.